The molecule has 154 valence electrons. The SMILES string of the molecule is CCOc1cc(C)ccc1CNC(=NC)NCc1ccc(S(=O)(=O)N(C)C)s1. The van der Waals surface area contributed by atoms with E-state index in [0.717, 1.165) is 21.8 Å². The fourth-order valence-corrected chi connectivity index (χ4v) is 4.90. The van der Waals surface area contributed by atoms with Crippen LogP contribution in [0.1, 0.15) is 22.9 Å². The van der Waals surface area contributed by atoms with Gasteiger partial charge in [0.2, 0.25) is 0 Å². The molecule has 2 aromatic rings. The van der Waals surface area contributed by atoms with Gasteiger partial charge in [0.1, 0.15) is 9.96 Å². The molecule has 0 aliphatic rings. The summed E-state index contributed by atoms with van der Waals surface area (Å²) >= 11 is 1.25. The summed E-state index contributed by atoms with van der Waals surface area (Å²) in [6.45, 7) is 5.66. The predicted octanol–water partition coefficient (Wildman–Crippen LogP) is 2.57. The van der Waals surface area contributed by atoms with Crippen molar-refractivity contribution in [3.05, 3.63) is 46.3 Å². The number of hydrogen-bond acceptors (Lipinski definition) is 5. The van der Waals surface area contributed by atoms with Crippen molar-refractivity contribution in [1.82, 2.24) is 14.9 Å². The van der Waals surface area contributed by atoms with Crippen LogP contribution in [-0.4, -0.2) is 46.4 Å². The van der Waals surface area contributed by atoms with E-state index in [2.05, 4.69) is 15.6 Å². The third-order valence-electron chi connectivity index (χ3n) is 3.99. The second-order valence-electron chi connectivity index (χ2n) is 6.33. The monoisotopic (exact) mass is 424 g/mol. The lowest BCUT2D eigenvalue weighted by Gasteiger charge is -2.14. The number of guanidine groups is 1. The average molecular weight is 425 g/mol. The van der Waals surface area contributed by atoms with Crippen molar-refractivity contribution in [2.75, 3.05) is 27.7 Å². The van der Waals surface area contributed by atoms with Gasteiger partial charge in [-0.05, 0) is 37.6 Å². The van der Waals surface area contributed by atoms with Gasteiger partial charge < -0.3 is 15.4 Å². The molecule has 0 atom stereocenters. The number of benzene rings is 1. The zero-order valence-electron chi connectivity index (χ0n) is 16.9. The second kappa shape index (κ2) is 9.90. The normalized spacial score (nSPS) is 12.3. The van der Waals surface area contributed by atoms with Crippen molar-refractivity contribution in [3.8, 4) is 5.75 Å². The number of aryl methyl sites for hydroxylation is 1. The van der Waals surface area contributed by atoms with Crippen LogP contribution in [0.3, 0.4) is 0 Å². The van der Waals surface area contributed by atoms with Crippen LogP contribution in [0.15, 0.2) is 39.5 Å². The molecule has 0 aliphatic carbocycles. The third kappa shape index (κ3) is 5.70. The molecule has 1 aromatic heterocycles. The van der Waals surface area contributed by atoms with Gasteiger partial charge in [-0.1, -0.05) is 12.1 Å². The molecule has 0 unspecified atom stereocenters. The predicted molar refractivity (Wildman–Crippen MR) is 115 cm³/mol. The van der Waals surface area contributed by atoms with E-state index in [0.29, 0.717) is 29.9 Å². The maximum atomic E-state index is 12.2. The fraction of sp³-hybridized carbons (Fsp3) is 0.421. The molecule has 0 saturated heterocycles. The smallest absolute Gasteiger partial charge is 0.252 e. The molecule has 1 aromatic carbocycles. The Hall–Kier alpha value is -2.10. The summed E-state index contributed by atoms with van der Waals surface area (Å²) in [5.74, 6) is 1.50. The molecule has 0 amide bonds. The maximum absolute atomic E-state index is 12.2. The van der Waals surface area contributed by atoms with Gasteiger partial charge in [-0.3, -0.25) is 4.99 Å². The quantitative estimate of drug-likeness (QED) is 0.503. The van der Waals surface area contributed by atoms with Crippen molar-refractivity contribution < 1.29 is 13.2 Å². The number of hydrogen-bond donors (Lipinski definition) is 2. The van der Waals surface area contributed by atoms with E-state index in [1.807, 2.05) is 38.1 Å². The molecular weight excluding hydrogens is 396 g/mol. The number of nitrogens with one attached hydrogen (secondary N) is 2. The molecule has 0 aliphatic heterocycles. The van der Waals surface area contributed by atoms with Crippen LogP contribution in [0, 0.1) is 6.92 Å². The zero-order chi connectivity index (χ0) is 20.7. The summed E-state index contributed by atoms with van der Waals surface area (Å²) in [5, 5.41) is 6.48. The van der Waals surface area contributed by atoms with E-state index >= 15 is 0 Å². The summed E-state index contributed by atoms with van der Waals surface area (Å²) in [4.78, 5) is 5.14. The van der Waals surface area contributed by atoms with Crippen molar-refractivity contribution in [3.63, 3.8) is 0 Å². The van der Waals surface area contributed by atoms with E-state index in [4.69, 9.17) is 4.74 Å². The van der Waals surface area contributed by atoms with Gasteiger partial charge in [0.15, 0.2) is 5.96 Å². The Balaban J connectivity index is 1.97. The van der Waals surface area contributed by atoms with Crippen LogP contribution in [0.5, 0.6) is 5.75 Å². The van der Waals surface area contributed by atoms with Crippen LogP contribution < -0.4 is 15.4 Å². The van der Waals surface area contributed by atoms with E-state index in [1.165, 1.54) is 29.7 Å². The van der Waals surface area contributed by atoms with Crippen molar-refractivity contribution in [1.29, 1.82) is 0 Å². The number of sulfonamides is 1. The first-order chi connectivity index (χ1) is 13.3. The molecular formula is C19H28N4O3S2. The molecule has 0 radical (unpaired) electrons. The number of thiophene rings is 1. The summed E-state index contributed by atoms with van der Waals surface area (Å²) in [6, 6.07) is 9.56. The van der Waals surface area contributed by atoms with Gasteiger partial charge >= 0.3 is 0 Å². The van der Waals surface area contributed by atoms with E-state index in [9.17, 15) is 8.42 Å². The van der Waals surface area contributed by atoms with Crippen LogP contribution >= 0.6 is 11.3 Å². The Morgan fingerprint density at radius 3 is 2.54 bits per heavy atom. The van der Waals surface area contributed by atoms with E-state index in [1.54, 1.807) is 13.1 Å². The van der Waals surface area contributed by atoms with Crippen LogP contribution in [0.2, 0.25) is 0 Å². The van der Waals surface area contributed by atoms with Crippen LogP contribution in [0.4, 0.5) is 0 Å². The molecule has 7 nitrogen and oxygen atoms in total. The first kappa shape index (κ1) is 22.2. The molecule has 0 spiro atoms. The molecule has 0 saturated carbocycles. The number of aliphatic imine (C=N–C) groups is 1. The van der Waals surface area contributed by atoms with E-state index < -0.39 is 10.0 Å². The lowest BCUT2D eigenvalue weighted by atomic mass is 10.1. The van der Waals surface area contributed by atoms with Gasteiger partial charge in [0, 0.05) is 38.1 Å². The Kier molecular flexibility index (Phi) is 7.85. The zero-order valence-corrected chi connectivity index (χ0v) is 18.6. The van der Waals surface area contributed by atoms with Gasteiger partial charge in [-0.15, -0.1) is 11.3 Å². The van der Waals surface area contributed by atoms with E-state index in [-0.39, 0.29) is 0 Å². The summed E-state index contributed by atoms with van der Waals surface area (Å²) in [5.41, 5.74) is 2.20. The molecule has 1 heterocycles. The largest absolute Gasteiger partial charge is 0.494 e. The minimum atomic E-state index is -3.40. The number of rotatable bonds is 8. The minimum absolute atomic E-state index is 0.332. The molecule has 2 rings (SSSR count). The molecule has 9 heteroatoms. The molecule has 2 N–H and O–H groups in total. The molecule has 28 heavy (non-hydrogen) atoms. The fourth-order valence-electron chi connectivity index (χ4n) is 2.44. The van der Waals surface area contributed by atoms with Crippen LogP contribution in [0.25, 0.3) is 0 Å². The van der Waals surface area contributed by atoms with Crippen molar-refractivity contribution in [2.24, 2.45) is 4.99 Å². The van der Waals surface area contributed by atoms with Gasteiger partial charge in [0.25, 0.3) is 10.0 Å². The van der Waals surface area contributed by atoms with Crippen LogP contribution in [-0.2, 0) is 23.1 Å². The summed E-state index contributed by atoms with van der Waals surface area (Å²) in [6.07, 6.45) is 0. The lowest BCUT2D eigenvalue weighted by Crippen LogP contribution is -2.36. The highest BCUT2D eigenvalue weighted by Gasteiger charge is 2.19. The average Bonchev–Trinajstić information content (AvgIpc) is 3.13. The van der Waals surface area contributed by atoms with Crippen molar-refractivity contribution in [2.45, 2.75) is 31.1 Å². The lowest BCUT2D eigenvalue weighted by molar-refractivity contribution is 0.336. The standard InChI is InChI=1S/C19H28N4O3S2/c1-6-26-17-11-14(2)7-8-15(17)12-21-19(20-3)22-13-16-9-10-18(27-16)28(24,25)23(4)5/h7-11H,6,12-13H2,1-5H3,(H2,20,21,22). The Morgan fingerprint density at radius 1 is 1.18 bits per heavy atom. The minimum Gasteiger partial charge on any atom is -0.494 e. The van der Waals surface area contributed by atoms with Gasteiger partial charge in [-0.25, -0.2) is 12.7 Å². The highest BCUT2D eigenvalue weighted by atomic mass is 32.2. The van der Waals surface area contributed by atoms with Gasteiger partial charge in [0.05, 0.1) is 13.2 Å². The van der Waals surface area contributed by atoms with Gasteiger partial charge in [-0.2, -0.15) is 0 Å². The number of ether oxygens (including phenoxy) is 1. The first-order valence-electron chi connectivity index (χ1n) is 8.96. The number of nitrogens with zero attached hydrogens (tertiary/aromatic N) is 2. The second-order valence-corrected chi connectivity index (χ2v) is 9.88. The first-order valence-corrected chi connectivity index (χ1v) is 11.2. The maximum Gasteiger partial charge on any atom is 0.252 e. The third-order valence-corrected chi connectivity index (χ3v) is 7.36. The molecule has 0 bridgehead atoms. The Bertz CT molecular complexity index is 921. The summed E-state index contributed by atoms with van der Waals surface area (Å²) < 4.78 is 31.6. The Morgan fingerprint density at radius 2 is 1.89 bits per heavy atom. The Labute approximate surface area is 171 Å². The molecule has 0 fully saturated rings. The highest BCUT2D eigenvalue weighted by molar-refractivity contribution is 7.91. The summed E-state index contributed by atoms with van der Waals surface area (Å²) in [7, 11) is 1.36. The topological polar surface area (TPSA) is 83.0 Å². The highest BCUT2D eigenvalue weighted by Crippen LogP contribution is 2.23. The van der Waals surface area contributed by atoms with Crippen molar-refractivity contribution >= 4 is 27.3 Å².